The molecule has 56 valence electrons. The minimum Gasteiger partial charge on any atom is -0.361 e. The summed E-state index contributed by atoms with van der Waals surface area (Å²) in [6, 6.07) is 8.36. The topological polar surface area (TPSA) is 15.8 Å². The van der Waals surface area contributed by atoms with Crippen LogP contribution in [-0.2, 0) is 6.16 Å². The summed E-state index contributed by atoms with van der Waals surface area (Å²) < 4.78 is 0. The van der Waals surface area contributed by atoms with Crippen molar-refractivity contribution in [1.29, 1.82) is 0 Å². The van der Waals surface area contributed by atoms with Gasteiger partial charge in [0.05, 0.1) is 0 Å². The van der Waals surface area contributed by atoms with Gasteiger partial charge in [-0.25, -0.2) is 0 Å². The van der Waals surface area contributed by atoms with E-state index in [-0.39, 0.29) is 0 Å². The van der Waals surface area contributed by atoms with Gasteiger partial charge in [-0.3, -0.25) is 0 Å². The number of para-hydroxylation sites is 1. The lowest BCUT2D eigenvalue weighted by Gasteiger charge is -1.90. The fraction of sp³-hybridized carbons (Fsp3) is 0.111. The van der Waals surface area contributed by atoms with Gasteiger partial charge in [0, 0.05) is 17.1 Å². The van der Waals surface area contributed by atoms with E-state index in [0.29, 0.717) is 0 Å². The van der Waals surface area contributed by atoms with E-state index < -0.39 is 0 Å². The van der Waals surface area contributed by atoms with Crippen LogP contribution in [0.4, 0.5) is 0 Å². The van der Waals surface area contributed by atoms with E-state index in [1.165, 1.54) is 16.5 Å². The normalized spacial score (nSPS) is 10.6. The maximum atomic E-state index is 3.23. The highest BCUT2D eigenvalue weighted by atomic mass is 31.0. The standard InChI is InChI=1S/C9H10NP/c11-6-7-5-10-9-4-2-1-3-8(7)9/h1-5,10H,6,11H2. The van der Waals surface area contributed by atoms with Crippen molar-refractivity contribution >= 4 is 20.1 Å². The second kappa shape index (κ2) is 2.67. The minimum absolute atomic E-state index is 1.02. The summed E-state index contributed by atoms with van der Waals surface area (Å²) in [7, 11) is 2.74. The maximum Gasteiger partial charge on any atom is 0.0456 e. The summed E-state index contributed by atoms with van der Waals surface area (Å²) in [4.78, 5) is 3.23. The van der Waals surface area contributed by atoms with Crippen molar-refractivity contribution in [3.63, 3.8) is 0 Å². The highest BCUT2D eigenvalue weighted by molar-refractivity contribution is 7.15. The lowest BCUT2D eigenvalue weighted by molar-refractivity contribution is 1.40. The molecule has 1 nitrogen and oxygen atoms in total. The Morgan fingerprint density at radius 1 is 1.27 bits per heavy atom. The summed E-state index contributed by atoms with van der Waals surface area (Å²) in [5.41, 5.74) is 2.59. The van der Waals surface area contributed by atoms with Crippen LogP contribution in [-0.4, -0.2) is 4.98 Å². The third kappa shape index (κ3) is 1.06. The second-order valence-electron chi connectivity index (χ2n) is 2.56. The van der Waals surface area contributed by atoms with Crippen LogP contribution >= 0.6 is 9.24 Å². The van der Waals surface area contributed by atoms with Crippen LogP contribution in [0, 0.1) is 0 Å². The molecule has 0 saturated carbocycles. The summed E-state index contributed by atoms with van der Waals surface area (Å²) in [5, 5.41) is 1.34. The van der Waals surface area contributed by atoms with Crippen molar-refractivity contribution in [1.82, 2.24) is 4.98 Å². The molecule has 11 heavy (non-hydrogen) atoms. The summed E-state index contributed by atoms with van der Waals surface area (Å²) in [6.07, 6.45) is 3.08. The molecule has 0 bridgehead atoms. The Morgan fingerprint density at radius 3 is 2.91 bits per heavy atom. The van der Waals surface area contributed by atoms with E-state index >= 15 is 0 Å². The molecule has 0 fully saturated rings. The number of rotatable bonds is 1. The zero-order valence-electron chi connectivity index (χ0n) is 6.17. The number of aromatic nitrogens is 1. The number of hydrogen-bond donors (Lipinski definition) is 1. The SMILES string of the molecule is PCc1c[nH]c2ccccc12. The number of hydrogen-bond acceptors (Lipinski definition) is 0. The van der Waals surface area contributed by atoms with E-state index in [1.54, 1.807) is 0 Å². The average molecular weight is 163 g/mol. The smallest absolute Gasteiger partial charge is 0.0456 e. The number of H-pyrrole nitrogens is 1. The molecule has 0 aliphatic rings. The second-order valence-corrected chi connectivity index (χ2v) is 2.97. The van der Waals surface area contributed by atoms with E-state index in [1.807, 2.05) is 6.07 Å². The quantitative estimate of drug-likeness (QED) is 0.622. The Kier molecular flexibility index (Phi) is 1.67. The predicted octanol–water partition coefficient (Wildman–Crippen LogP) is 2.54. The number of benzene rings is 1. The molecule has 0 amide bonds. The Hall–Kier alpha value is -0.810. The Labute approximate surface area is 68.0 Å². The molecule has 0 aliphatic carbocycles. The molecule has 0 saturated heterocycles. The molecule has 0 radical (unpaired) electrons. The Balaban J connectivity index is 2.76. The van der Waals surface area contributed by atoms with Crippen molar-refractivity contribution in [2.24, 2.45) is 0 Å². The molecule has 0 spiro atoms. The van der Waals surface area contributed by atoms with Gasteiger partial charge < -0.3 is 4.98 Å². The molecule has 2 rings (SSSR count). The molecule has 2 aromatic rings. The summed E-state index contributed by atoms with van der Waals surface area (Å²) in [5.74, 6) is 0. The van der Waals surface area contributed by atoms with Gasteiger partial charge in [-0.05, 0) is 17.8 Å². The van der Waals surface area contributed by atoms with Crippen LogP contribution in [0.15, 0.2) is 30.5 Å². The zero-order valence-corrected chi connectivity index (χ0v) is 7.33. The highest BCUT2D eigenvalue weighted by Gasteiger charge is 1.98. The van der Waals surface area contributed by atoms with Crippen molar-refractivity contribution in [3.05, 3.63) is 36.0 Å². The first-order chi connectivity index (χ1) is 5.42. The lowest BCUT2D eigenvalue weighted by Crippen LogP contribution is -1.70. The van der Waals surface area contributed by atoms with Crippen molar-refractivity contribution in [3.8, 4) is 0 Å². The van der Waals surface area contributed by atoms with Crippen LogP contribution in [0.1, 0.15) is 5.56 Å². The fourth-order valence-corrected chi connectivity index (χ4v) is 1.64. The molecule has 1 atom stereocenters. The van der Waals surface area contributed by atoms with Crippen LogP contribution in [0.5, 0.6) is 0 Å². The maximum absolute atomic E-state index is 3.23. The molecular weight excluding hydrogens is 153 g/mol. The van der Waals surface area contributed by atoms with Crippen molar-refractivity contribution in [2.45, 2.75) is 6.16 Å². The molecular formula is C9H10NP. The molecule has 1 aromatic carbocycles. The van der Waals surface area contributed by atoms with Gasteiger partial charge in [0.15, 0.2) is 0 Å². The van der Waals surface area contributed by atoms with Gasteiger partial charge in [-0.15, -0.1) is 9.24 Å². The molecule has 2 heteroatoms. The first-order valence-electron chi connectivity index (χ1n) is 3.67. The van der Waals surface area contributed by atoms with Crippen molar-refractivity contribution < 1.29 is 0 Å². The third-order valence-electron chi connectivity index (χ3n) is 1.89. The molecule has 1 unspecified atom stereocenters. The minimum atomic E-state index is 1.02. The van der Waals surface area contributed by atoms with Crippen LogP contribution in [0.3, 0.4) is 0 Å². The van der Waals surface area contributed by atoms with E-state index in [2.05, 4.69) is 38.6 Å². The van der Waals surface area contributed by atoms with Gasteiger partial charge in [-0.2, -0.15) is 0 Å². The predicted molar refractivity (Wildman–Crippen MR) is 51.7 cm³/mol. The number of fused-ring (bicyclic) bond motifs is 1. The average Bonchev–Trinajstić information content (AvgIpc) is 2.47. The van der Waals surface area contributed by atoms with E-state index in [4.69, 9.17) is 0 Å². The summed E-state index contributed by atoms with van der Waals surface area (Å²) >= 11 is 0. The highest BCUT2D eigenvalue weighted by Crippen LogP contribution is 2.19. The van der Waals surface area contributed by atoms with Crippen LogP contribution < -0.4 is 0 Å². The van der Waals surface area contributed by atoms with Gasteiger partial charge in [-0.1, -0.05) is 18.2 Å². The van der Waals surface area contributed by atoms with Crippen LogP contribution in [0.2, 0.25) is 0 Å². The monoisotopic (exact) mass is 163 g/mol. The fourth-order valence-electron chi connectivity index (χ4n) is 1.30. The number of aromatic amines is 1. The van der Waals surface area contributed by atoms with Gasteiger partial charge >= 0.3 is 0 Å². The first-order valence-corrected chi connectivity index (χ1v) is 4.48. The lowest BCUT2D eigenvalue weighted by atomic mass is 10.2. The largest absolute Gasteiger partial charge is 0.361 e. The van der Waals surface area contributed by atoms with Crippen LogP contribution in [0.25, 0.3) is 10.9 Å². The Bertz CT molecular complexity index is 364. The molecule has 1 heterocycles. The summed E-state index contributed by atoms with van der Waals surface area (Å²) in [6.45, 7) is 0. The zero-order chi connectivity index (χ0) is 7.68. The molecule has 1 aromatic heterocycles. The van der Waals surface area contributed by atoms with Gasteiger partial charge in [0.2, 0.25) is 0 Å². The van der Waals surface area contributed by atoms with E-state index in [0.717, 1.165) is 6.16 Å². The van der Waals surface area contributed by atoms with E-state index in [9.17, 15) is 0 Å². The molecule has 0 aliphatic heterocycles. The first kappa shape index (κ1) is 6.87. The van der Waals surface area contributed by atoms with Gasteiger partial charge in [0.25, 0.3) is 0 Å². The number of nitrogens with one attached hydrogen (secondary N) is 1. The molecule has 1 N–H and O–H groups in total. The Morgan fingerprint density at radius 2 is 2.09 bits per heavy atom. The van der Waals surface area contributed by atoms with Crippen molar-refractivity contribution in [2.75, 3.05) is 0 Å². The third-order valence-corrected chi connectivity index (χ3v) is 2.33. The van der Waals surface area contributed by atoms with Gasteiger partial charge in [0.1, 0.15) is 0 Å².